The summed E-state index contributed by atoms with van der Waals surface area (Å²) in [5.74, 6) is -0.345. The molecule has 0 aliphatic rings. The maximum absolute atomic E-state index is 10.7. The van der Waals surface area contributed by atoms with Gasteiger partial charge in [0.25, 0.3) is 5.78 Å². The molecule has 3 rings (SSSR count). The Morgan fingerprint density at radius 2 is 2.10 bits per heavy atom. The zero-order chi connectivity index (χ0) is 14.1. The summed E-state index contributed by atoms with van der Waals surface area (Å²) in [5.41, 5.74) is 1.73. The van der Waals surface area contributed by atoms with E-state index in [0.717, 1.165) is 15.7 Å². The summed E-state index contributed by atoms with van der Waals surface area (Å²) < 4.78 is 2.47. The molecule has 0 aliphatic heterocycles. The van der Waals surface area contributed by atoms with Gasteiger partial charge >= 0.3 is 5.97 Å². The van der Waals surface area contributed by atoms with Crippen molar-refractivity contribution in [3.05, 3.63) is 46.8 Å². The van der Waals surface area contributed by atoms with E-state index >= 15 is 0 Å². The molecule has 0 bridgehead atoms. The van der Waals surface area contributed by atoms with Gasteiger partial charge < -0.3 is 5.11 Å². The van der Waals surface area contributed by atoms with Crippen molar-refractivity contribution in [2.24, 2.45) is 0 Å². The molecule has 0 fully saturated rings. The van der Waals surface area contributed by atoms with E-state index in [9.17, 15) is 4.79 Å². The van der Waals surface area contributed by atoms with Crippen LogP contribution in [0.5, 0.6) is 0 Å². The Morgan fingerprint density at radius 3 is 2.85 bits per heavy atom. The van der Waals surface area contributed by atoms with E-state index in [2.05, 4.69) is 31.0 Å². The van der Waals surface area contributed by atoms with Gasteiger partial charge in [0.2, 0.25) is 0 Å². The largest absolute Gasteiger partial charge is 0.481 e. The molecule has 2 heterocycles. The Bertz CT molecular complexity index is 800. The standard InChI is InChI=1S/C13H9BrN4O2/c14-9-4-2-1-3-8(9)10-5-6-15-13-16-11(7-12(19)20)17-18(10)13/h1-6H,7H2,(H,19,20). The number of aromatic nitrogens is 4. The summed E-state index contributed by atoms with van der Waals surface area (Å²) in [6, 6.07) is 9.52. The van der Waals surface area contributed by atoms with Crippen molar-refractivity contribution in [3.8, 4) is 11.3 Å². The van der Waals surface area contributed by atoms with Crippen LogP contribution >= 0.6 is 15.9 Å². The minimum absolute atomic E-state index is 0.223. The van der Waals surface area contributed by atoms with Crippen LogP contribution in [0.15, 0.2) is 41.0 Å². The minimum Gasteiger partial charge on any atom is -0.481 e. The van der Waals surface area contributed by atoms with Gasteiger partial charge in [-0.05, 0) is 12.1 Å². The molecule has 20 heavy (non-hydrogen) atoms. The van der Waals surface area contributed by atoms with Crippen LogP contribution in [0.2, 0.25) is 0 Å². The number of carboxylic acid groups (broad SMARTS) is 1. The maximum Gasteiger partial charge on any atom is 0.311 e. The molecule has 0 aliphatic carbocycles. The third kappa shape index (κ3) is 2.27. The Morgan fingerprint density at radius 1 is 1.30 bits per heavy atom. The number of carbonyl (C=O) groups is 1. The van der Waals surface area contributed by atoms with Crippen molar-refractivity contribution >= 4 is 27.7 Å². The Balaban J connectivity index is 2.19. The monoisotopic (exact) mass is 332 g/mol. The molecule has 0 amide bonds. The second-order valence-corrected chi connectivity index (χ2v) is 4.97. The summed E-state index contributed by atoms with van der Waals surface area (Å²) in [4.78, 5) is 19.0. The van der Waals surface area contributed by atoms with Crippen molar-refractivity contribution < 1.29 is 9.90 Å². The molecule has 0 saturated carbocycles. The van der Waals surface area contributed by atoms with Gasteiger partial charge in [0.15, 0.2) is 5.82 Å². The van der Waals surface area contributed by atoms with E-state index in [1.807, 2.05) is 30.3 Å². The Kier molecular flexibility index (Phi) is 3.19. The van der Waals surface area contributed by atoms with Gasteiger partial charge in [0.1, 0.15) is 6.42 Å². The lowest BCUT2D eigenvalue weighted by atomic mass is 10.1. The van der Waals surface area contributed by atoms with Crippen molar-refractivity contribution in [2.75, 3.05) is 0 Å². The predicted molar refractivity (Wildman–Crippen MR) is 75.3 cm³/mol. The fourth-order valence-electron chi connectivity index (χ4n) is 1.92. The van der Waals surface area contributed by atoms with Crippen LogP contribution in [0.1, 0.15) is 5.82 Å². The number of rotatable bonds is 3. The highest BCUT2D eigenvalue weighted by Crippen LogP contribution is 2.27. The molecule has 1 N–H and O–H groups in total. The van der Waals surface area contributed by atoms with Crippen molar-refractivity contribution in [1.29, 1.82) is 0 Å². The van der Waals surface area contributed by atoms with E-state index < -0.39 is 5.97 Å². The third-order valence-electron chi connectivity index (χ3n) is 2.74. The smallest absolute Gasteiger partial charge is 0.311 e. The SMILES string of the molecule is O=C(O)Cc1nc2nccc(-c3ccccc3Br)n2n1. The topological polar surface area (TPSA) is 80.4 Å². The number of nitrogens with zero attached hydrogens (tertiary/aromatic N) is 4. The van der Waals surface area contributed by atoms with E-state index in [0.29, 0.717) is 5.78 Å². The maximum atomic E-state index is 10.7. The highest BCUT2D eigenvalue weighted by molar-refractivity contribution is 9.10. The average Bonchev–Trinajstić information content (AvgIpc) is 2.80. The van der Waals surface area contributed by atoms with Crippen LogP contribution in [0, 0.1) is 0 Å². The summed E-state index contributed by atoms with van der Waals surface area (Å²) >= 11 is 3.49. The lowest BCUT2D eigenvalue weighted by Crippen LogP contribution is -2.02. The molecule has 0 spiro atoms. The quantitative estimate of drug-likeness (QED) is 0.795. The van der Waals surface area contributed by atoms with Crippen LogP contribution in [-0.2, 0) is 11.2 Å². The first-order valence-corrected chi connectivity index (χ1v) is 6.62. The predicted octanol–water partition coefficient (Wildman–Crippen LogP) is 2.18. The zero-order valence-electron chi connectivity index (χ0n) is 10.2. The fourth-order valence-corrected chi connectivity index (χ4v) is 2.41. The first-order valence-electron chi connectivity index (χ1n) is 5.82. The van der Waals surface area contributed by atoms with Crippen LogP contribution in [0.4, 0.5) is 0 Å². The lowest BCUT2D eigenvalue weighted by molar-refractivity contribution is -0.136. The van der Waals surface area contributed by atoms with E-state index in [1.165, 1.54) is 0 Å². The van der Waals surface area contributed by atoms with Gasteiger partial charge in [0.05, 0.1) is 5.69 Å². The number of halogens is 1. The number of aliphatic carboxylic acids is 1. The lowest BCUT2D eigenvalue weighted by Gasteiger charge is -2.05. The first-order chi connectivity index (χ1) is 9.65. The molecule has 0 radical (unpaired) electrons. The Hall–Kier alpha value is -2.28. The van der Waals surface area contributed by atoms with E-state index in [1.54, 1.807) is 10.7 Å². The van der Waals surface area contributed by atoms with Gasteiger partial charge in [-0.25, -0.2) is 4.98 Å². The van der Waals surface area contributed by atoms with Crippen LogP contribution in [0.25, 0.3) is 17.0 Å². The molecule has 0 unspecified atom stereocenters. The van der Waals surface area contributed by atoms with Crippen molar-refractivity contribution in [1.82, 2.24) is 19.6 Å². The second kappa shape index (κ2) is 5.01. The molecule has 7 heteroatoms. The van der Waals surface area contributed by atoms with Gasteiger partial charge in [-0.1, -0.05) is 34.1 Å². The number of hydrogen-bond donors (Lipinski definition) is 1. The highest BCUT2D eigenvalue weighted by atomic mass is 79.9. The Labute approximate surface area is 122 Å². The molecule has 100 valence electrons. The molecule has 3 aromatic rings. The van der Waals surface area contributed by atoms with E-state index in [4.69, 9.17) is 5.11 Å². The molecule has 1 aromatic carbocycles. The summed E-state index contributed by atoms with van der Waals surface area (Å²) in [5, 5.41) is 13.0. The van der Waals surface area contributed by atoms with Crippen molar-refractivity contribution in [3.63, 3.8) is 0 Å². The van der Waals surface area contributed by atoms with Gasteiger partial charge in [-0.3, -0.25) is 4.79 Å². The number of carboxylic acids is 1. The number of fused-ring (bicyclic) bond motifs is 1. The summed E-state index contributed by atoms with van der Waals surface area (Å²) in [6.07, 6.45) is 1.40. The zero-order valence-corrected chi connectivity index (χ0v) is 11.8. The molecule has 6 nitrogen and oxygen atoms in total. The fraction of sp³-hybridized carbons (Fsp3) is 0.0769. The van der Waals surface area contributed by atoms with Crippen LogP contribution < -0.4 is 0 Å². The second-order valence-electron chi connectivity index (χ2n) is 4.12. The first kappa shape index (κ1) is 12.7. The summed E-state index contributed by atoms with van der Waals surface area (Å²) in [7, 11) is 0. The highest BCUT2D eigenvalue weighted by Gasteiger charge is 2.13. The minimum atomic E-state index is -0.969. The van der Waals surface area contributed by atoms with Crippen LogP contribution in [-0.4, -0.2) is 30.7 Å². The summed E-state index contributed by atoms with van der Waals surface area (Å²) in [6.45, 7) is 0. The van der Waals surface area contributed by atoms with Gasteiger partial charge in [0, 0.05) is 16.2 Å². The average molecular weight is 333 g/mol. The normalized spacial score (nSPS) is 10.8. The van der Waals surface area contributed by atoms with E-state index in [-0.39, 0.29) is 12.2 Å². The number of benzene rings is 1. The van der Waals surface area contributed by atoms with Crippen LogP contribution in [0.3, 0.4) is 0 Å². The molecule has 0 atom stereocenters. The van der Waals surface area contributed by atoms with Gasteiger partial charge in [-0.15, -0.1) is 5.10 Å². The molecule has 2 aromatic heterocycles. The molecular formula is C13H9BrN4O2. The third-order valence-corrected chi connectivity index (χ3v) is 3.44. The van der Waals surface area contributed by atoms with Gasteiger partial charge in [-0.2, -0.15) is 9.50 Å². The molecular weight excluding hydrogens is 324 g/mol. The number of hydrogen-bond acceptors (Lipinski definition) is 4. The molecule has 0 saturated heterocycles. The van der Waals surface area contributed by atoms with Crippen molar-refractivity contribution in [2.45, 2.75) is 6.42 Å².